The van der Waals surface area contributed by atoms with Crippen LogP contribution in [0.2, 0.25) is 0 Å². The van der Waals surface area contributed by atoms with Crippen LogP contribution >= 0.6 is 0 Å². The minimum absolute atomic E-state index is 0.0145. The Bertz CT molecular complexity index is 1260. The number of amides is 1. The second kappa shape index (κ2) is 8.83. The van der Waals surface area contributed by atoms with Crippen molar-refractivity contribution in [1.82, 2.24) is 9.88 Å². The Balaban J connectivity index is 1.77. The minimum Gasteiger partial charge on any atom is -0.508 e. The molecule has 0 atom stereocenters. The quantitative estimate of drug-likeness (QED) is 0.407. The van der Waals surface area contributed by atoms with E-state index < -0.39 is 11.6 Å². The van der Waals surface area contributed by atoms with Crippen LogP contribution in [0.15, 0.2) is 66.7 Å². The van der Waals surface area contributed by atoms with Crippen molar-refractivity contribution in [1.29, 1.82) is 0 Å². The maximum absolute atomic E-state index is 13.5. The summed E-state index contributed by atoms with van der Waals surface area (Å²) in [4.78, 5) is 13.3. The van der Waals surface area contributed by atoms with Gasteiger partial charge in [0.1, 0.15) is 17.4 Å². The summed E-state index contributed by atoms with van der Waals surface area (Å²) in [7, 11) is 0. The number of phenols is 1. The summed E-state index contributed by atoms with van der Waals surface area (Å²) in [5, 5.41) is 13.5. The van der Waals surface area contributed by atoms with Gasteiger partial charge in [-0.05, 0) is 47.4 Å². The normalized spacial score (nSPS) is 11.3. The van der Waals surface area contributed by atoms with Crippen LogP contribution in [-0.4, -0.2) is 15.6 Å². The minimum atomic E-state index is -0.693. The molecule has 4 rings (SSSR count). The van der Waals surface area contributed by atoms with Gasteiger partial charge in [-0.15, -0.1) is 0 Å². The van der Waals surface area contributed by atoms with Crippen LogP contribution in [0.4, 0.5) is 8.78 Å². The molecular weight excluding hydrogens is 410 g/mol. The lowest BCUT2D eigenvalue weighted by Crippen LogP contribution is -2.24. The molecule has 0 aliphatic rings. The highest BCUT2D eigenvalue weighted by molar-refractivity contribution is 6.09. The summed E-state index contributed by atoms with van der Waals surface area (Å²) >= 11 is 0. The zero-order chi connectivity index (χ0) is 22.8. The van der Waals surface area contributed by atoms with Gasteiger partial charge in [0, 0.05) is 35.8 Å². The van der Waals surface area contributed by atoms with Crippen molar-refractivity contribution in [3.63, 3.8) is 0 Å². The van der Waals surface area contributed by atoms with Crippen molar-refractivity contribution in [3.05, 3.63) is 101 Å². The number of benzene rings is 3. The molecule has 32 heavy (non-hydrogen) atoms. The highest BCUT2D eigenvalue weighted by atomic mass is 19.1. The lowest BCUT2D eigenvalue weighted by Gasteiger charge is -2.15. The van der Waals surface area contributed by atoms with Crippen LogP contribution in [0, 0.1) is 11.6 Å². The molecule has 164 valence electrons. The van der Waals surface area contributed by atoms with Crippen molar-refractivity contribution in [2.45, 2.75) is 32.9 Å². The number of aromatic nitrogens is 1. The number of hydrogen-bond donors (Lipinski definition) is 2. The Morgan fingerprint density at radius 3 is 2.31 bits per heavy atom. The summed E-state index contributed by atoms with van der Waals surface area (Å²) in [6.45, 7) is 4.57. The highest BCUT2D eigenvalue weighted by Crippen LogP contribution is 2.34. The SMILES string of the molecule is CC(C)c1c(C(=O)NCc2cc(F)cc(F)c2)c2cc(O)ccc2n1Cc1ccccc1. The van der Waals surface area contributed by atoms with E-state index in [0.717, 1.165) is 22.8 Å². The number of nitrogens with one attached hydrogen (secondary N) is 1. The van der Waals surface area contributed by atoms with Crippen molar-refractivity contribution < 1.29 is 18.7 Å². The van der Waals surface area contributed by atoms with Gasteiger partial charge in [0.2, 0.25) is 0 Å². The molecular formula is C26H24F2N2O2. The maximum Gasteiger partial charge on any atom is 0.254 e. The first-order valence-corrected chi connectivity index (χ1v) is 10.5. The van der Waals surface area contributed by atoms with Crippen LogP contribution < -0.4 is 5.32 Å². The van der Waals surface area contributed by atoms with Gasteiger partial charge in [-0.1, -0.05) is 44.2 Å². The Morgan fingerprint density at radius 2 is 1.66 bits per heavy atom. The topological polar surface area (TPSA) is 54.3 Å². The largest absolute Gasteiger partial charge is 0.508 e. The lowest BCUT2D eigenvalue weighted by atomic mass is 10.0. The maximum atomic E-state index is 13.5. The Hall–Kier alpha value is -3.67. The molecule has 0 saturated heterocycles. The van der Waals surface area contributed by atoms with Crippen molar-refractivity contribution in [2.75, 3.05) is 0 Å². The predicted molar refractivity (Wildman–Crippen MR) is 121 cm³/mol. The molecule has 0 bridgehead atoms. The molecule has 4 nitrogen and oxygen atoms in total. The van der Waals surface area contributed by atoms with E-state index in [9.17, 15) is 18.7 Å². The first-order valence-electron chi connectivity index (χ1n) is 10.5. The molecule has 6 heteroatoms. The molecule has 0 aliphatic carbocycles. The van der Waals surface area contributed by atoms with Gasteiger partial charge in [0.15, 0.2) is 0 Å². The zero-order valence-electron chi connectivity index (χ0n) is 17.9. The highest BCUT2D eigenvalue weighted by Gasteiger charge is 2.25. The molecule has 1 amide bonds. The van der Waals surface area contributed by atoms with Crippen LogP contribution in [0.5, 0.6) is 5.75 Å². The predicted octanol–water partition coefficient (Wildman–Crippen LogP) is 5.73. The second-order valence-corrected chi connectivity index (χ2v) is 8.15. The first kappa shape index (κ1) is 21.6. The lowest BCUT2D eigenvalue weighted by molar-refractivity contribution is 0.0951. The molecule has 0 saturated carbocycles. The van der Waals surface area contributed by atoms with E-state index in [1.54, 1.807) is 18.2 Å². The third kappa shape index (κ3) is 4.35. The van der Waals surface area contributed by atoms with Gasteiger partial charge in [0.05, 0.1) is 5.56 Å². The average molecular weight is 434 g/mol. The van der Waals surface area contributed by atoms with Gasteiger partial charge >= 0.3 is 0 Å². The fourth-order valence-electron chi connectivity index (χ4n) is 4.12. The molecule has 4 aromatic rings. The van der Waals surface area contributed by atoms with Crippen molar-refractivity contribution in [3.8, 4) is 5.75 Å². The van der Waals surface area contributed by atoms with E-state index in [2.05, 4.69) is 9.88 Å². The van der Waals surface area contributed by atoms with E-state index in [4.69, 9.17) is 0 Å². The third-order valence-electron chi connectivity index (χ3n) is 5.42. The molecule has 0 radical (unpaired) electrons. The smallest absolute Gasteiger partial charge is 0.254 e. The van der Waals surface area contributed by atoms with E-state index >= 15 is 0 Å². The molecule has 0 fully saturated rings. The number of nitrogens with zero attached hydrogens (tertiary/aromatic N) is 1. The van der Waals surface area contributed by atoms with Gasteiger partial charge in [-0.25, -0.2) is 8.78 Å². The standard InChI is InChI=1S/C26H24F2N2O2/c1-16(2)25-24(26(32)29-14-18-10-19(27)12-20(28)11-18)22-13-21(31)8-9-23(22)30(25)15-17-6-4-3-5-7-17/h3-13,16,31H,14-15H2,1-2H3,(H,29,32). The number of carbonyl (C=O) groups is 1. The number of aromatic hydroxyl groups is 1. The molecule has 1 aromatic heterocycles. The van der Waals surface area contributed by atoms with E-state index in [0.29, 0.717) is 23.1 Å². The van der Waals surface area contributed by atoms with Crippen molar-refractivity contribution >= 4 is 16.8 Å². The van der Waals surface area contributed by atoms with Crippen LogP contribution in [0.1, 0.15) is 46.9 Å². The number of hydrogen-bond acceptors (Lipinski definition) is 2. The van der Waals surface area contributed by atoms with Gasteiger partial charge < -0.3 is 15.0 Å². The summed E-state index contributed by atoms with van der Waals surface area (Å²) in [6.07, 6.45) is 0. The fraction of sp³-hybridized carbons (Fsp3) is 0.192. The molecule has 3 aromatic carbocycles. The van der Waals surface area contributed by atoms with Crippen LogP contribution in [-0.2, 0) is 13.1 Å². The second-order valence-electron chi connectivity index (χ2n) is 8.15. The van der Waals surface area contributed by atoms with Crippen LogP contribution in [0.25, 0.3) is 10.9 Å². The summed E-state index contributed by atoms with van der Waals surface area (Å²) in [5.41, 5.74) is 3.53. The average Bonchev–Trinajstić information content (AvgIpc) is 3.05. The molecule has 0 unspecified atom stereocenters. The molecule has 1 heterocycles. The van der Waals surface area contributed by atoms with E-state index in [-0.39, 0.29) is 24.1 Å². The monoisotopic (exact) mass is 434 g/mol. The van der Waals surface area contributed by atoms with Crippen molar-refractivity contribution in [2.24, 2.45) is 0 Å². The van der Waals surface area contributed by atoms with Crippen LogP contribution in [0.3, 0.4) is 0 Å². The molecule has 2 N–H and O–H groups in total. The number of carbonyl (C=O) groups excluding carboxylic acids is 1. The van der Waals surface area contributed by atoms with E-state index in [1.165, 1.54) is 12.1 Å². The Kier molecular flexibility index (Phi) is 5.95. The van der Waals surface area contributed by atoms with E-state index in [1.807, 2.05) is 44.2 Å². The Labute approximate surface area is 185 Å². The first-order chi connectivity index (χ1) is 15.3. The number of phenolic OH excluding ortho intramolecular Hbond substituents is 1. The molecule has 0 spiro atoms. The van der Waals surface area contributed by atoms with Gasteiger partial charge in [0.25, 0.3) is 5.91 Å². The summed E-state index contributed by atoms with van der Waals surface area (Å²) in [5.74, 6) is -1.67. The molecule has 0 aliphatic heterocycles. The Morgan fingerprint density at radius 1 is 0.969 bits per heavy atom. The van der Waals surface area contributed by atoms with Gasteiger partial charge in [-0.3, -0.25) is 4.79 Å². The number of fused-ring (bicyclic) bond motifs is 1. The summed E-state index contributed by atoms with van der Waals surface area (Å²) < 4.78 is 29.1. The summed E-state index contributed by atoms with van der Waals surface area (Å²) in [6, 6.07) is 18.1. The fourth-order valence-corrected chi connectivity index (χ4v) is 4.12. The number of rotatable bonds is 6. The zero-order valence-corrected chi connectivity index (χ0v) is 17.9. The van der Waals surface area contributed by atoms with Gasteiger partial charge in [-0.2, -0.15) is 0 Å². The third-order valence-corrected chi connectivity index (χ3v) is 5.42. The number of halogens is 2.